The average Bonchev–Trinajstić information content (AvgIpc) is 2.51. The van der Waals surface area contributed by atoms with Crippen molar-refractivity contribution >= 4 is 12.1 Å². The molecular weight excluding hydrogens is 318 g/mol. The number of ether oxygens (including phenoxy) is 2. The van der Waals surface area contributed by atoms with Gasteiger partial charge in [0.05, 0.1) is 12.6 Å². The van der Waals surface area contributed by atoms with E-state index in [1.165, 1.54) is 0 Å². The Kier molecular flexibility index (Phi) is 8.75. The van der Waals surface area contributed by atoms with Crippen LogP contribution in [0.4, 0.5) is 4.79 Å². The number of esters is 1. The first-order chi connectivity index (χ1) is 11.8. The molecule has 25 heavy (non-hydrogen) atoms. The maximum absolute atomic E-state index is 12.0. The van der Waals surface area contributed by atoms with Crippen molar-refractivity contribution in [3.05, 3.63) is 48.0 Å². The molecule has 0 bridgehead atoms. The zero-order valence-corrected chi connectivity index (χ0v) is 15.6. The van der Waals surface area contributed by atoms with E-state index in [-0.39, 0.29) is 12.0 Å². The molecule has 1 amide bonds. The van der Waals surface area contributed by atoms with Crippen molar-refractivity contribution < 1.29 is 19.1 Å². The van der Waals surface area contributed by atoms with Gasteiger partial charge in [-0.05, 0) is 46.1 Å². The van der Waals surface area contributed by atoms with E-state index in [4.69, 9.17) is 9.47 Å². The Morgan fingerprint density at radius 3 is 2.48 bits per heavy atom. The third kappa shape index (κ3) is 10.2. The summed E-state index contributed by atoms with van der Waals surface area (Å²) < 4.78 is 10.2. The van der Waals surface area contributed by atoms with Crippen LogP contribution in [0.3, 0.4) is 0 Å². The second-order valence-corrected chi connectivity index (χ2v) is 6.71. The first-order valence-corrected chi connectivity index (χ1v) is 8.66. The Balaban J connectivity index is 2.64. The van der Waals surface area contributed by atoms with Crippen molar-refractivity contribution in [3.63, 3.8) is 0 Å². The predicted octanol–water partition coefficient (Wildman–Crippen LogP) is 4.02. The number of carbonyl (C=O) groups excluding carboxylic acids is 2. The summed E-state index contributed by atoms with van der Waals surface area (Å²) in [7, 11) is 0. The van der Waals surface area contributed by atoms with E-state index in [1.807, 2.05) is 63.3 Å². The van der Waals surface area contributed by atoms with Crippen molar-refractivity contribution in [2.75, 3.05) is 6.61 Å². The highest BCUT2D eigenvalue weighted by molar-refractivity contribution is 5.69. The Morgan fingerprint density at radius 2 is 1.88 bits per heavy atom. The van der Waals surface area contributed by atoms with Gasteiger partial charge in [0, 0.05) is 6.42 Å². The molecule has 0 aliphatic carbocycles. The number of hydrogen-bond donors (Lipinski definition) is 1. The first-order valence-electron chi connectivity index (χ1n) is 8.66. The molecule has 0 unspecified atom stereocenters. The van der Waals surface area contributed by atoms with Gasteiger partial charge in [0.1, 0.15) is 5.60 Å². The summed E-state index contributed by atoms with van der Waals surface area (Å²) in [6, 6.07) is 9.69. The third-order valence-electron chi connectivity index (χ3n) is 3.19. The lowest BCUT2D eigenvalue weighted by atomic mass is 10.1. The lowest BCUT2D eigenvalue weighted by molar-refractivity contribution is -0.143. The molecule has 1 N–H and O–H groups in total. The van der Waals surface area contributed by atoms with Gasteiger partial charge in [-0.2, -0.15) is 0 Å². The summed E-state index contributed by atoms with van der Waals surface area (Å²) in [4.78, 5) is 23.4. The third-order valence-corrected chi connectivity index (χ3v) is 3.19. The van der Waals surface area contributed by atoms with E-state index in [0.29, 0.717) is 25.9 Å². The van der Waals surface area contributed by atoms with Crippen LogP contribution in [0.2, 0.25) is 0 Å². The fourth-order valence-corrected chi connectivity index (χ4v) is 2.19. The first kappa shape index (κ1) is 20.7. The second-order valence-electron chi connectivity index (χ2n) is 6.71. The van der Waals surface area contributed by atoms with Gasteiger partial charge in [-0.25, -0.2) is 4.79 Å². The molecule has 0 aromatic heterocycles. The minimum absolute atomic E-state index is 0.209. The molecule has 5 nitrogen and oxygen atoms in total. The molecule has 0 fully saturated rings. The number of nitrogens with one attached hydrogen (secondary N) is 1. The van der Waals surface area contributed by atoms with Crippen LogP contribution in [0, 0.1) is 0 Å². The highest BCUT2D eigenvalue weighted by atomic mass is 16.6. The van der Waals surface area contributed by atoms with Gasteiger partial charge in [-0.3, -0.25) is 4.79 Å². The second kappa shape index (κ2) is 10.5. The van der Waals surface area contributed by atoms with Gasteiger partial charge >= 0.3 is 12.1 Å². The van der Waals surface area contributed by atoms with Crippen LogP contribution in [0.1, 0.15) is 46.1 Å². The lowest BCUT2D eigenvalue weighted by Crippen LogP contribution is -2.39. The molecule has 0 heterocycles. The highest BCUT2D eigenvalue weighted by Crippen LogP contribution is 2.09. The largest absolute Gasteiger partial charge is 0.466 e. The summed E-state index contributed by atoms with van der Waals surface area (Å²) >= 11 is 0. The van der Waals surface area contributed by atoms with E-state index in [2.05, 4.69) is 5.32 Å². The van der Waals surface area contributed by atoms with Gasteiger partial charge in [0.25, 0.3) is 0 Å². The molecular formula is C20H29NO4. The molecule has 1 aromatic rings. The summed E-state index contributed by atoms with van der Waals surface area (Å²) in [6.45, 7) is 7.66. The number of carbonyl (C=O) groups is 2. The van der Waals surface area contributed by atoms with Crippen molar-refractivity contribution in [2.24, 2.45) is 0 Å². The summed E-state index contributed by atoms with van der Waals surface area (Å²) in [5.74, 6) is -0.216. The van der Waals surface area contributed by atoms with Crippen LogP contribution >= 0.6 is 0 Å². The maximum atomic E-state index is 12.0. The lowest BCUT2D eigenvalue weighted by Gasteiger charge is -2.22. The van der Waals surface area contributed by atoms with Crippen LogP contribution in [0.5, 0.6) is 0 Å². The fourth-order valence-electron chi connectivity index (χ4n) is 2.19. The zero-order valence-electron chi connectivity index (χ0n) is 15.6. The van der Waals surface area contributed by atoms with Crippen LogP contribution in [0.15, 0.2) is 42.5 Å². The summed E-state index contributed by atoms with van der Waals surface area (Å²) in [5, 5.41) is 2.87. The molecule has 1 rings (SSSR count). The quantitative estimate of drug-likeness (QED) is 0.570. The van der Waals surface area contributed by atoms with Gasteiger partial charge < -0.3 is 14.8 Å². The van der Waals surface area contributed by atoms with Gasteiger partial charge in [-0.1, -0.05) is 42.5 Å². The van der Waals surface area contributed by atoms with Crippen LogP contribution in [0.25, 0.3) is 0 Å². The number of amides is 1. The van der Waals surface area contributed by atoms with Gasteiger partial charge in [-0.15, -0.1) is 0 Å². The van der Waals surface area contributed by atoms with Crippen molar-refractivity contribution in [2.45, 2.75) is 58.6 Å². The molecule has 0 saturated carbocycles. The van der Waals surface area contributed by atoms with E-state index < -0.39 is 11.7 Å². The minimum Gasteiger partial charge on any atom is -0.466 e. The number of benzene rings is 1. The predicted molar refractivity (Wildman–Crippen MR) is 98.3 cm³/mol. The Hall–Kier alpha value is -2.30. The monoisotopic (exact) mass is 347 g/mol. The Bertz CT molecular complexity index is 561. The van der Waals surface area contributed by atoms with Gasteiger partial charge in [0.2, 0.25) is 0 Å². The average molecular weight is 347 g/mol. The number of allylic oxidation sites excluding steroid dienone is 1. The number of rotatable bonds is 8. The van der Waals surface area contributed by atoms with E-state index in [0.717, 1.165) is 5.56 Å². The van der Waals surface area contributed by atoms with Crippen molar-refractivity contribution in [1.82, 2.24) is 5.32 Å². The molecule has 0 aliphatic rings. The standard InChI is InChI=1S/C20H29NO4/c1-5-24-18(22)14-10-9-13-17(15-16-11-7-6-8-12-16)21-19(23)25-20(2,3)4/h6-9,11-13,17H,5,10,14-15H2,1-4H3,(H,21,23)/b13-9-/t17-/m1/s1. The van der Waals surface area contributed by atoms with E-state index in [1.54, 1.807) is 6.92 Å². The zero-order chi connectivity index (χ0) is 18.7. The molecule has 0 saturated heterocycles. The SMILES string of the molecule is CCOC(=O)CC/C=C\[C@H](Cc1ccccc1)NC(=O)OC(C)(C)C. The summed E-state index contributed by atoms with van der Waals surface area (Å²) in [6.07, 6.45) is 4.88. The summed E-state index contributed by atoms with van der Waals surface area (Å²) in [5.41, 5.74) is 0.563. The highest BCUT2D eigenvalue weighted by Gasteiger charge is 2.18. The molecule has 1 atom stereocenters. The van der Waals surface area contributed by atoms with Crippen LogP contribution in [-0.2, 0) is 20.7 Å². The van der Waals surface area contributed by atoms with Gasteiger partial charge in [0.15, 0.2) is 0 Å². The van der Waals surface area contributed by atoms with E-state index >= 15 is 0 Å². The molecule has 138 valence electrons. The normalized spacial score (nSPS) is 12.6. The van der Waals surface area contributed by atoms with Crippen molar-refractivity contribution in [1.29, 1.82) is 0 Å². The Labute approximate surface area is 150 Å². The topological polar surface area (TPSA) is 64.6 Å². The molecule has 0 radical (unpaired) electrons. The number of alkyl carbamates (subject to hydrolysis) is 1. The smallest absolute Gasteiger partial charge is 0.408 e. The van der Waals surface area contributed by atoms with Crippen molar-refractivity contribution in [3.8, 4) is 0 Å². The Morgan fingerprint density at radius 1 is 1.20 bits per heavy atom. The molecule has 0 spiro atoms. The molecule has 5 heteroatoms. The van der Waals surface area contributed by atoms with Crippen LogP contribution < -0.4 is 5.32 Å². The minimum atomic E-state index is -0.547. The molecule has 1 aromatic carbocycles. The van der Waals surface area contributed by atoms with E-state index in [9.17, 15) is 9.59 Å². The maximum Gasteiger partial charge on any atom is 0.408 e. The molecule has 0 aliphatic heterocycles. The number of hydrogen-bond acceptors (Lipinski definition) is 4. The fraction of sp³-hybridized carbons (Fsp3) is 0.500. The van der Waals surface area contributed by atoms with Crippen LogP contribution in [-0.4, -0.2) is 30.3 Å².